The van der Waals surface area contributed by atoms with Gasteiger partial charge in [0.2, 0.25) is 5.91 Å². The molecule has 29 heavy (non-hydrogen) atoms. The van der Waals surface area contributed by atoms with Crippen molar-refractivity contribution in [1.82, 2.24) is 5.32 Å². The van der Waals surface area contributed by atoms with E-state index in [9.17, 15) is 21.6 Å². The second-order valence-corrected chi connectivity index (χ2v) is 9.39. The van der Waals surface area contributed by atoms with Gasteiger partial charge in [0.1, 0.15) is 0 Å². The first-order valence-electron chi connectivity index (χ1n) is 8.78. The van der Waals surface area contributed by atoms with Crippen LogP contribution in [-0.4, -0.2) is 63.0 Å². The predicted molar refractivity (Wildman–Crippen MR) is 114 cm³/mol. The molecule has 1 amide bonds. The number of rotatable bonds is 8. The topological polar surface area (TPSA) is 190 Å². The Morgan fingerprint density at radius 1 is 1.03 bits per heavy atom. The minimum Gasteiger partial charge on any atom is -0.352 e. The van der Waals surface area contributed by atoms with Crippen LogP contribution in [0.4, 0.5) is 0 Å². The molecule has 0 aliphatic rings. The Morgan fingerprint density at radius 3 is 1.90 bits per heavy atom. The Morgan fingerprint density at radius 2 is 1.48 bits per heavy atom. The van der Waals surface area contributed by atoms with Crippen molar-refractivity contribution in [3.63, 3.8) is 0 Å². The average Bonchev–Trinajstić information content (AvgIpc) is 2.52. The molecule has 0 bridgehead atoms. The molecule has 0 saturated heterocycles. The van der Waals surface area contributed by atoms with Crippen molar-refractivity contribution in [2.45, 2.75) is 44.7 Å². The van der Waals surface area contributed by atoms with Gasteiger partial charge < -0.3 is 16.8 Å². The van der Waals surface area contributed by atoms with Gasteiger partial charge in [-0.2, -0.15) is 16.8 Å². The van der Waals surface area contributed by atoms with Crippen LogP contribution in [0.3, 0.4) is 0 Å². The van der Waals surface area contributed by atoms with E-state index < -0.39 is 26.3 Å². The van der Waals surface area contributed by atoms with Gasteiger partial charge in [0.05, 0.1) is 18.6 Å². The van der Waals surface area contributed by atoms with Gasteiger partial charge in [-0.1, -0.05) is 36.8 Å². The number of benzene rings is 1. The Hall–Kier alpha value is -1.57. The van der Waals surface area contributed by atoms with Gasteiger partial charge in [0.25, 0.3) is 20.2 Å². The molecule has 7 N–H and O–H groups in total. The highest BCUT2D eigenvalue weighted by atomic mass is 32.2. The molecule has 170 valence electrons. The van der Waals surface area contributed by atoms with Crippen molar-refractivity contribution in [1.29, 1.82) is 0 Å². The number of amides is 1. The number of nitrogens with one attached hydrogen (secondary N) is 1. The lowest BCUT2D eigenvalue weighted by molar-refractivity contribution is -0.123. The number of carbonyl (C=O) groups excluding carboxylic acids is 1. The number of hydrogen-bond donors (Lipinski definition) is 5. The molecule has 0 heterocycles. The maximum atomic E-state index is 11.9. The van der Waals surface area contributed by atoms with E-state index in [4.69, 9.17) is 20.6 Å². The first-order chi connectivity index (χ1) is 13.1. The van der Waals surface area contributed by atoms with Crippen molar-refractivity contribution in [3.05, 3.63) is 35.9 Å². The van der Waals surface area contributed by atoms with Gasteiger partial charge in [-0.25, -0.2) is 0 Å². The van der Waals surface area contributed by atoms with Crippen molar-refractivity contribution in [3.8, 4) is 0 Å². The summed E-state index contributed by atoms with van der Waals surface area (Å²) in [6.45, 7) is 2.65. The third kappa shape index (κ3) is 28.7. The van der Waals surface area contributed by atoms with Gasteiger partial charge in [0.15, 0.2) is 0 Å². The van der Waals surface area contributed by atoms with E-state index in [2.05, 4.69) is 17.4 Å². The predicted octanol–water partition coefficient (Wildman–Crippen LogP) is 0.198. The third-order valence-corrected chi connectivity index (χ3v) is 3.08. The number of nitrogens with two attached hydrogens (primary N) is 2. The first kappa shape index (κ1) is 29.6. The molecular formula is C17H33N3O7S2. The van der Waals surface area contributed by atoms with Crippen LogP contribution in [0.2, 0.25) is 0 Å². The third-order valence-electron chi connectivity index (χ3n) is 3.08. The molecule has 1 aromatic carbocycles. The van der Waals surface area contributed by atoms with Crippen LogP contribution in [0.25, 0.3) is 0 Å². The van der Waals surface area contributed by atoms with Gasteiger partial charge in [-0.15, -0.1) is 0 Å². The normalized spacial score (nSPS) is 13.1. The highest BCUT2D eigenvalue weighted by molar-refractivity contribution is 7.85. The minimum atomic E-state index is -3.67. The van der Waals surface area contributed by atoms with Gasteiger partial charge >= 0.3 is 0 Å². The van der Waals surface area contributed by atoms with E-state index in [0.717, 1.165) is 19.3 Å². The smallest absolute Gasteiger partial charge is 0.261 e. The van der Waals surface area contributed by atoms with E-state index in [-0.39, 0.29) is 11.9 Å². The Bertz CT molecular complexity index is 723. The second kappa shape index (κ2) is 15.3. The average molecular weight is 456 g/mol. The van der Waals surface area contributed by atoms with Crippen molar-refractivity contribution in [2.75, 3.05) is 19.1 Å². The summed E-state index contributed by atoms with van der Waals surface area (Å²) in [5, 5.41) is 2.96. The quantitative estimate of drug-likeness (QED) is 0.269. The number of unbranched alkanes of at least 4 members (excludes halogenated alkanes) is 1. The fraction of sp³-hybridized carbons (Fsp3) is 0.588. The molecule has 2 unspecified atom stereocenters. The van der Waals surface area contributed by atoms with Crippen molar-refractivity contribution < 1.29 is 30.7 Å². The Kier molecular flexibility index (Phi) is 15.6. The lowest BCUT2D eigenvalue weighted by atomic mass is 10.1. The SMILES string of the molecule is CC(Cc1ccccc1)NC(=O)C(N)CCCCN.CS(=O)(=O)O.CS(=O)(=O)O. The second-order valence-electron chi connectivity index (χ2n) is 6.46. The molecule has 0 spiro atoms. The summed E-state index contributed by atoms with van der Waals surface area (Å²) in [4.78, 5) is 11.9. The summed E-state index contributed by atoms with van der Waals surface area (Å²) in [7, 11) is -7.33. The van der Waals surface area contributed by atoms with Crippen molar-refractivity contribution in [2.24, 2.45) is 11.5 Å². The fourth-order valence-corrected chi connectivity index (χ4v) is 2.01. The summed E-state index contributed by atoms with van der Waals surface area (Å²) >= 11 is 0. The number of hydrogen-bond acceptors (Lipinski definition) is 7. The molecule has 0 fully saturated rings. The van der Waals surface area contributed by atoms with Crippen LogP contribution in [0.15, 0.2) is 30.3 Å². The zero-order valence-electron chi connectivity index (χ0n) is 17.0. The van der Waals surface area contributed by atoms with Crippen LogP contribution in [0.5, 0.6) is 0 Å². The van der Waals surface area contributed by atoms with Crippen molar-refractivity contribution >= 4 is 26.1 Å². The monoisotopic (exact) mass is 455 g/mol. The lowest BCUT2D eigenvalue weighted by Gasteiger charge is -2.17. The van der Waals surface area contributed by atoms with E-state index in [1.807, 2.05) is 25.1 Å². The summed E-state index contributed by atoms with van der Waals surface area (Å²) in [6, 6.07) is 9.78. The Labute approximate surface area is 173 Å². The molecule has 12 heteroatoms. The lowest BCUT2D eigenvalue weighted by Crippen LogP contribution is -2.45. The van der Waals surface area contributed by atoms with Crippen LogP contribution < -0.4 is 16.8 Å². The molecular weight excluding hydrogens is 422 g/mol. The summed E-state index contributed by atoms with van der Waals surface area (Å²) in [6.07, 6.45) is 4.77. The van der Waals surface area contributed by atoms with E-state index in [1.165, 1.54) is 5.56 Å². The van der Waals surface area contributed by atoms with Crippen LogP contribution >= 0.6 is 0 Å². The Balaban J connectivity index is 0. The zero-order valence-corrected chi connectivity index (χ0v) is 18.6. The molecule has 0 aliphatic carbocycles. The highest BCUT2D eigenvalue weighted by Gasteiger charge is 2.15. The van der Waals surface area contributed by atoms with E-state index >= 15 is 0 Å². The molecule has 0 saturated carbocycles. The van der Waals surface area contributed by atoms with Crippen LogP contribution in [0, 0.1) is 0 Å². The highest BCUT2D eigenvalue weighted by Crippen LogP contribution is 2.04. The maximum absolute atomic E-state index is 11.9. The molecule has 1 rings (SSSR count). The molecule has 2 atom stereocenters. The van der Waals surface area contributed by atoms with E-state index in [1.54, 1.807) is 0 Å². The van der Waals surface area contributed by atoms with Crippen LogP contribution in [-0.2, 0) is 31.5 Å². The minimum absolute atomic E-state index is 0.0690. The first-order valence-corrected chi connectivity index (χ1v) is 12.5. The molecule has 0 aliphatic heterocycles. The molecule has 0 aromatic heterocycles. The van der Waals surface area contributed by atoms with Gasteiger partial charge in [0, 0.05) is 6.04 Å². The van der Waals surface area contributed by atoms with Gasteiger partial charge in [-0.05, 0) is 38.3 Å². The summed E-state index contributed by atoms with van der Waals surface area (Å²) in [5.41, 5.74) is 12.5. The largest absolute Gasteiger partial charge is 0.352 e. The molecule has 10 nitrogen and oxygen atoms in total. The van der Waals surface area contributed by atoms with Gasteiger partial charge in [-0.3, -0.25) is 13.9 Å². The number of carbonyl (C=O) groups is 1. The zero-order chi connectivity index (χ0) is 23.1. The standard InChI is InChI=1S/C15H25N3O.2CH4O3S/c1-12(11-13-7-3-2-4-8-13)18-15(19)14(17)9-5-6-10-16;2*1-5(2,3)4/h2-4,7-8,12,14H,5-6,9-11,16-17H2,1H3,(H,18,19);2*1H3,(H,2,3,4). The fourth-order valence-electron chi connectivity index (χ4n) is 2.01. The summed E-state index contributed by atoms with van der Waals surface area (Å²) < 4.78 is 51.7. The summed E-state index contributed by atoms with van der Waals surface area (Å²) in [5.74, 6) is -0.0690. The maximum Gasteiger partial charge on any atom is 0.261 e. The molecule has 0 radical (unpaired) electrons. The molecule has 1 aromatic rings. The van der Waals surface area contributed by atoms with Crippen LogP contribution in [0.1, 0.15) is 31.7 Å². The van der Waals surface area contributed by atoms with E-state index in [0.29, 0.717) is 25.5 Å².